The molecule has 2 aromatic rings. The first-order chi connectivity index (χ1) is 20.4. The number of hydrogen-bond donors (Lipinski definition) is 2. The maximum atomic E-state index is 14.4. The summed E-state index contributed by atoms with van der Waals surface area (Å²) in [4.78, 5) is 43.1. The van der Waals surface area contributed by atoms with E-state index in [1.165, 1.54) is 0 Å². The van der Waals surface area contributed by atoms with Crippen molar-refractivity contribution in [3.8, 4) is 12.3 Å². The van der Waals surface area contributed by atoms with Crippen LogP contribution in [0.15, 0.2) is 42.5 Å². The number of unbranched alkanes of at least 4 members (excludes halogenated alkanes) is 4. The Balaban J connectivity index is 2.58. The monoisotopic (exact) mass is 607 g/mol. The number of anilines is 1. The summed E-state index contributed by atoms with van der Waals surface area (Å²) in [5.74, 6) is 2.62. The molecule has 7 nitrogen and oxygen atoms in total. The van der Waals surface area contributed by atoms with E-state index in [4.69, 9.17) is 11.2 Å². The Hall–Kier alpha value is -3.44. The van der Waals surface area contributed by atoms with Crippen LogP contribution in [0.4, 0.5) is 10.5 Å². The highest BCUT2D eigenvalue weighted by atomic mass is 32.2. The van der Waals surface area contributed by atoms with Crippen molar-refractivity contribution in [3.05, 3.63) is 64.7 Å². The van der Waals surface area contributed by atoms with Crippen LogP contribution >= 0.6 is 11.8 Å². The van der Waals surface area contributed by atoms with Gasteiger partial charge in [0.2, 0.25) is 5.91 Å². The van der Waals surface area contributed by atoms with Gasteiger partial charge >= 0.3 is 6.09 Å². The third-order valence-electron chi connectivity index (χ3n) is 7.07. The Morgan fingerprint density at radius 1 is 1.00 bits per heavy atom. The van der Waals surface area contributed by atoms with Gasteiger partial charge in [-0.1, -0.05) is 68.9 Å². The van der Waals surface area contributed by atoms with Crippen LogP contribution in [-0.2, 0) is 14.3 Å². The molecule has 2 atom stereocenters. The van der Waals surface area contributed by atoms with Crippen molar-refractivity contribution >= 4 is 35.4 Å². The largest absolute Gasteiger partial charge is 0.444 e. The molecule has 0 aromatic heterocycles. The highest BCUT2D eigenvalue weighted by Crippen LogP contribution is 2.28. The highest BCUT2D eigenvalue weighted by Gasteiger charge is 2.36. The molecule has 2 rings (SSSR count). The molecule has 0 bridgehead atoms. The molecule has 0 heterocycles. The third-order valence-corrected chi connectivity index (χ3v) is 7.71. The van der Waals surface area contributed by atoms with Gasteiger partial charge in [0.1, 0.15) is 17.7 Å². The second-order valence-electron chi connectivity index (χ2n) is 11.9. The molecule has 3 amide bonds. The summed E-state index contributed by atoms with van der Waals surface area (Å²) in [6.07, 6.45) is 12.2. The molecule has 234 valence electrons. The van der Waals surface area contributed by atoms with Gasteiger partial charge in [-0.15, -0.1) is 6.42 Å². The van der Waals surface area contributed by atoms with Gasteiger partial charge in [0.05, 0.1) is 0 Å². The van der Waals surface area contributed by atoms with Crippen LogP contribution in [-0.4, -0.2) is 53.0 Å². The maximum absolute atomic E-state index is 14.4. The number of carbonyl (C=O) groups is 3. The molecule has 8 heteroatoms. The van der Waals surface area contributed by atoms with Crippen molar-refractivity contribution in [1.82, 2.24) is 10.2 Å². The average molecular weight is 608 g/mol. The fourth-order valence-electron chi connectivity index (χ4n) is 4.83. The Bertz CT molecular complexity index is 1230. The fraction of sp³-hybridized carbons (Fsp3) is 0.514. The zero-order valence-corrected chi connectivity index (χ0v) is 27.7. The van der Waals surface area contributed by atoms with Gasteiger partial charge in [-0.05, 0) is 88.3 Å². The number of nitrogens with zero attached hydrogens (tertiary/aromatic N) is 1. The first-order valence-corrected chi connectivity index (χ1v) is 16.5. The summed E-state index contributed by atoms with van der Waals surface area (Å²) in [5.41, 5.74) is 3.18. The van der Waals surface area contributed by atoms with Gasteiger partial charge in [-0.2, -0.15) is 11.8 Å². The summed E-state index contributed by atoms with van der Waals surface area (Å²) in [7, 11) is 0. The van der Waals surface area contributed by atoms with E-state index in [-0.39, 0.29) is 11.8 Å². The SMILES string of the molecule is C#Cc1ccc(C(C(=O)Nc2c(C)cccc2C)N(CCCCCCC)C(=O)C(CCSC)NC(=O)OC(C)(C)C)cc1. The van der Waals surface area contributed by atoms with Gasteiger partial charge in [0, 0.05) is 17.8 Å². The molecular formula is C35H49N3O4S. The van der Waals surface area contributed by atoms with Crippen LogP contribution < -0.4 is 10.6 Å². The van der Waals surface area contributed by atoms with Gasteiger partial charge in [-0.3, -0.25) is 9.59 Å². The van der Waals surface area contributed by atoms with Gasteiger partial charge in [0.25, 0.3) is 5.91 Å². The number of alkyl carbamates (subject to hydrolysis) is 1. The Morgan fingerprint density at radius 3 is 2.19 bits per heavy atom. The number of aryl methyl sites for hydroxylation is 2. The Kier molecular flexibility index (Phi) is 14.7. The van der Waals surface area contributed by atoms with E-state index in [9.17, 15) is 14.4 Å². The molecule has 2 N–H and O–H groups in total. The highest BCUT2D eigenvalue weighted by molar-refractivity contribution is 7.98. The normalized spacial score (nSPS) is 12.5. The van der Waals surface area contributed by atoms with E-state index >= 15 is 0 Å². The zero-order valence-electron chi connectivity index (χ0n) is 26.9. The van der Waals surface area contributed by atoms with E-state index in [0.717, 1.165) is 48.9 Å². The molecule has 0 aliphatic heterocycles. The minimum atomic E-state index is -0.943. The maximum Gasteiger partial charge on any atom is 0.408 e. The standard InChI is InChI=1S/C35H49N3O4S/c1-9-11-12-13-14-23-38(33(40)29(22-24-43-8)36-34(41)42-35(5,6)7)31(28-20-18-27(10-2)19-21-28)32(39)37-30-25(3)16-15-17-26(30)4/h2,15-21,29,31H,9,11-14,22-24H2,1,3-8H3,(H,36,41)(H,37,39). The lowest BCUT2D eigenvalue weighted by atomic mass is 9.99. The second kappa shape index (κ2) is 17.6. The minimum Gasteiger partial charge on any atom is -0.444 e. The molecule has 0 saturated heterocycles. The van der Waals surface area contributed by atoms with Gasteiger partial charge in [-0.25, -0.2) is 4.79 Å². The molecule has 0 fully saturated rings. The smallest absolute Gasteiger partial charge is 0.408 e. The number of hydrogen-bond acceptors (Lipinski definition) is 5. The van der Waals surface area contributed by atoms with E-state index in [1.807, 2.05) is 38.3 Å². The van der Waals surface area contributed by atoms with Crippen molar-refractivity contribution in [3.63, 3.8) is 0 Å². The quantitative estimate of drug-likeness (QED) is 0.163. The van der Waals surface area contributed by atoms with E-state index in [2.05, 4.69) is 23.5 Å². The molecule has 0 radical (unpaired) electrons. The number of amides is 3. The van der Waals surface area contributed by atoms with Crippen molar-refractivity contribution < 1.29 is 19.1 Å². The van der Waals surface area contributed by atoms with E-state index in [1.54, 1.807) is 61.7 Å². The second-order valence-corrected chi connectivity index (χ2v) is 12.8. The molecule has 0 aliphatic rings. The summed E-state index contributed by atoms with van der Waals surface area (Å²) in [6.45, 7) is 11.7. The van der Waals surface area contributed by atoms with Crippen LogP contribution in [0.5, 0.6) is 0 Å². The van der Waals surface area contributed by atoms with Crippen LogP contribution in [0, 0.1) is 26.2 Å². The molecular weight excluding hydrogens is 558 g/mol. The van der Waals surface area contributed by atoms with Crippen molar-refractivity contribution in [1.29, 1.82) is 0 Å². The topological polar surface area (TPSA) is 87.7 Å². The first kappa shape index (κ1) is 35.8. The Morgan fingerprint density at radius 2 is 1.63 bits per heavy atom. The zero-order chi connectivity index (χ0) is 32.0. The van der Waals surface area contributed by atoms with Crippen LogP contribution in [0.3, 0.4) is 0 Å². The summed E-state index contributed by atoms with van der Waals surface area (Å²) >= 11 is 1.59. The van der Waals surface area contributed by atoms with Crippen molar-refractivity contribution in [2.24, 2.45) is 0 Å². The number of ether oxygens (including phenoxy) is 1. The number of benzene rings is 2. The lowest BCUT2D eigenvalue weighted by molar-refractivity contribution is -0.141. The lowest BCUT2D eigenvalue weighted by Gasteiger charge is -2.35. The van der Waals surface area contributed by atoms with Crippen LogP contribution in [0.1, 0.15) is 94.5 Å². The summed E-state index contributed by atoms with van der Waals surface area (Å²) in [5, 5.41) is 5.92. The van der Waals surface area contributed by atoms with Gasteiger partial charge < -0.3 is 20.3 Å². The van der Waals surface area contributed by atoms with Crippen LogP contribution in [0.2, 0.25) is 0 Å². The van der Waals surface area contributed by atoms with Gasteiger partial charge in [0.15, 0.2) is 0 Å². The number of rotatable bonds is 15. The summed E-state index contributed by atoms with van der Waals surface area (Å²) < 4.78 is 5.50. The van der Waals surface area contributed by atoms with Crippen LogP contribution in [0.25, 0.3) is 0 Å². The predicted octanol–water partition coefficient (Wildman–Crippen LogP) is 7.41. The number of carbonyl (C=O) groups excluding carboxylic acids is 3. The number of para-hydroxylation sites is 1. The van der Waals surface area contributed by atoms with E-state index in [0.29, 0.717) is 29.8 Å². The van der Waals surface area contributed by atoms with E-state index < -0.39 is 23.8 Å². The molecule has 2 aromatic carbocycles. The molecule has 0 saturated carbocycles. The summed E-state index contributed by atoms with van der Waals surface area (Å²) in [6, 6.07) is 11.2. The fourth-order valence-corrected chi connectivity index (χ4v) is 5.30. The third kappa shape index (κ3) is 11.6. The average Bonchev–Trinajstić information content (AvgIpc) is 2.95. The molecule has 0 spiro atoms. The number of terminal acetylenes is 1. The van der Waals surface area contributed by atoms with Crippen molar-refractivity contribution in [2.75, 3.05) is 23.9 Å². The Labute approximate surface area is 262 Å². The lowest BCUT2D eigenvalue weighted by Crippen LogP contribution is -2.52. The molecule has 0 aliphatic carbocycles. The molecule has 2 unspecified atom stereocenters. The number of nitrogens with one attached hydrogen (secondary N) is 2. The molecule has 43 heavy (non-hydrogen) atoms. The van der Waals surface area contributed by atoms with Crippen molar-refractivity contribution in [2.45, 2.75) is 97.8 Å². The first-order valence-electron chi connectivity index (χ1n) is 15.1. The predicted molar refractivity (Wildman–Crippen MR) is 178 cm³/mol. The number of thioether (sulfide) groups is 1. The minimum absolute atomic E-state index is 0.321.